The second kappa shape index (κ2) is 59.9. The van der Waals surface area contributed by atoms with Gasteiger partial charge < -0.3 is 20.3 Å². The minimum Gasteiger partial charge on any atom is -0.466 e. The number of esters is 1. The molecule has 0 spiro atoms. The first kappa shape index (κ1) is 68.3. The van der Waals surface area contributed by atoms with Gasteiger partial charge in [0.05, 0.1) is 25.4 Å². The standard InChI is InChI=1S/C64H123NO5/c1-3-5-7-9-11-13-15-17-18-19-27-30-34-38-42-46-50-54-58-64(69)70-59-55-51-47-43-39-35-31-28-25-23-21-20-22-24-26-29-33-37-41-45-49-53-57-63(68)65-61(60-66)62(67)56-52-48-44-40-36-32-16-14-12-10-8-6-4-2/h18-19,22,24,61-62,66-67H,3-17,20-21,23,25-60H2,1-2H3,(H,65,68)/b19-18-,24-22-. The van der Waals surface area contributed by atoms with Gasteiger partial charge in [0.2, 0.25) is 5.91 Å². The van der Waals surface area contributed by atoms with E-state index in [-0.39, 0.29) is 18.5 Å². The number of aliphatic hydroxyl groups excluding tert-OH is 2. The Morgan fingerprint density at radius 1 is 0.386 bits per heavy atom. The Balaban J connectivity index is 3.39. The molecule has 0 aromatic rings. The van der Waals surface area contributed by atoms with Crippen molar-refractivity contribution in [2.24, 2.45) is 0 Å². The van der Waals surface area contributed by atoms with E-state index < -0.39 is 12.1 Å². The Morgan fingerprint density at radius 2 is 0.671 bits per heavy atom. The Morgan fingerprint density at radius 3 is 1.01 bits per heavy atom. The minimum absolute atomic E-state index is 0.00747. The van der Waals surface area contributed by atoms with E-state index in [2.05, 4.69) is 43.5 Å². The molecule has 0 aliphatic heterocycles. The van der Waals surface area contributed by atoms with Crippen LogP contribution in [0.2, 0.25) is 0 Å². The van der Waals surface area contributed by atoms with Crippen molar-refractivity contribution in [3.8, 4) is 0 Å². The van der Waals surface area contributed by atoms with Gasteiger partial charge in [-0.15, -0.1) is 0 Å². The predicted molar refractivity (Wildman–Crippen MR) is 306 cm³/mol. The van der Waals surface area contributed by atoms with Crippen LogP contribution in [0, 0.1) is 0 Å². The molecule has 0 saturated heterocycles. The molecule has 3 N–H and O–H groups in total. The van der Waals surface area contributed by atoms with Gasteiger partial charge >= 0.3 is 5.97 Å². The van der Waals surface area contributed by atoms with E-state index in [1.54, 1.807) is 0 Å². The molecule has 70 heavy (non-hydrogen) atoms. The fourth-order valence-electron chi connectivity index (χ4n) is 9.87. The third-order valence-corrected chi connectivity index (χ3v) is 14.7. The van der Waals surface area contributed by atoms with Gasteiger partial charge in [0.25, 0.3) is 0 Å². The summed E-state index contributed by atoms with van der Waals surface area (Å²) in [6, 6.07) is -0.546. The maximum Gasteiger partial charge on any atom is 0.305 e. The molecule has 0 fully saturated rings. The smallest absolute Gasteiger partial charge is 0.305 e. The zero-order chi connectivity index (χ0) is 50.7. The number of rotatable bonds is 59. The molecule has 2 unspecified atom stereocenters. The summed E-state index contributed by atoms with van der Waals surface area (Å²) in [5, 5.41) is 23.2. The van der Waals surface area contributed by atoms with Crippen molar-refractivity contribution < 1.29 is 24.5 Å². The molecule has 0 rings (SSSR count). The lowest BCUT2D eigenvalue weighted by Gasteiger charge is -2.22. The monoisotopic (exact) mass is 986 g/mol. The first-order chi connectivity index (χ1) is 34.5. The third kappa shape index (κ3) is 55.7. The molecule has 0 aliphatic carbocycles. The molecule has 414 valence electrons. The van der Waals surface area contributed by atoms with Gasteiger partial charge in [-0.2, -0.15) is 0 Å². The molecule has 6 nitrogen and oxygen atoms in total. The number of ether oxygens (including phenoxy) is 1. The SMILES string of the molecule is CCCCCCCCC/C=C\CCCCCCCCCC(=O)OCCCCCCCCCCCCC/C=C\CCCCCCCCCC(=O)NC(CO)C(O)CCCCCCCCCCCCCCC. The summed E-state index contributed by atoms with van der Waals surface area (Å²) in [4.78, 5) is 24.6. The zero-order valence-corrected chi connectivity index (χ0v) is 47.3. The van der Waals surface area contributed by atoms with Gasteiger partial charge in [-0.1, -0.05) is 282 Å². The van der Waals surface area contributed by atoms with E-state index in [1.165, 1.54) is 270 Å². The second-order valence-electron chi connectivity index (χ2n) is 21.7. The lowest BCUT2D eigenvalue weighted by molar-refractivity contribution is -0.143. The molecule has 1 amide bonds. The van der Waals surface area contributed by atoms with Crippen LogP contribution in [0.3, 0.4) is 0 Å². The Kier molecular flexibility index (Phi) is 58.5. The van der Waals surface area contributed by atoms with Crippen LogP contribution in [0.5, 0.6) is 0 Å². The van der Waals surface area contributed by atoms with Crippen molar-refractivity contribution >= 4 is 11.9 Å². The summed E-state index contributed by atoms with van der Waals surface area (Å²) in [7, 11) is 0. The van der Waals surface area contributed by atoms with Crippen LogP contribution < -0.4 is 5.32 Å². The van der Waals surface area contributed by atoms with Gasteiger partial charge in [-0.05, 0) is 77.0 Å². The number of hydrogen-bond acceptors (Lipinski definition) is 5. The average Bonchev–Trinajstić information content (AvgIpc) is 3.36. The van der Waals surface area contributed by atoms with Crippen molar-refractivity contribution in [2.75, 3.05) is 13.2 Å². The summed E-state index contributed by atoms with van der Waals surface area (Å²) in [6.45, 7) is 4.96. The van der Waals surface area contributed by atoms with Gasteiger partial charge in [0.15, 0.2) is 0 Å². The lowest BCUT2D eigenvalue weighted by Crippen LogP contribution is -2.45. The van der Waals surface area contributed by atoms with Gasteiger partial charge in [0.1, 0.15) is 0 Å². The van der Waals surface area contributed by atoms with Gasteiger partial charge in [-0.25, -0.2) is 0 Å². The largest absolute Gasteiger partial charge is 0.466 e. The van der Waals surface area contributed by atoms with Crippen LogP contribution in [0.4, 0.5) is 0 Å². The summed E-state index contributed by atoms with van der Waals surface area (Å²) in [6.07, 6.45) is 73.3. The van der Waals surface area contributed by atoms with E-state index in [0.717, 1.165) is 44.9 Å². The van der Waals surface area contributed by atoms with Crippen LogP contribution in [-0.2, 0) is 14.3 Å². The molecule has 0 saturated carbocycles. The maximum atomic E-state index is 12.5. The number of carbonyl (C=O) groups excluding carboxylic acids is 2. The number of aliphatic hydroxyl groups is 2. The molecule has 6 heteroatoms. The van der Waals surface area contributed by atoms with E-state index >= 15 is 0 Å². The normalized spacial score (nSPS) is 12.7. The highest BCUT2D eigenvalue weighted by Crippen LogP contribution is 2.17. The molecular weight excluding hydrogens is 863 g/mol. The summed E-state index contributed by atoms with van der Waals surface area (Å²) in [5.74, 6) is -0.0335. The molecule has 0 aromatic heterocycles. The van der Waals surface area contributed by atoms with Crippen molar-refractivity contribution in [3.63, 3.8) is 0 Å². The molecule has 0 aliphatic rings. The molecular formula is C64H123NO5. The van der Waals surface area contributed by atoms with E-state index in [4.69, 9.17) is 4.74 Å². The number of nitrogens with one attached hydrogen (secondary N) is 1. The van der Waals surface area contributed by atoms with Crippen molar-refractivity contribution in [3.05, 3.63) is 24.3 Å². The molecule has 2 atom stereocenters. The summed E-state index contributed by atoms with van der Waals surface area (Å²) < 4.78 is 5.49. The Bertz CT molecular complexity index is 1090. The Hall–Kier alpha value is -1.66. The van der Waals surface area contributed by atoms with E-state index in [0.29, 0.717) is 25.9 Å². The quantitative estimate of drug-likeness (QED) is 0.0321. The van der Waals surface area contributed by atoms with Crippen LogP contribution >= 0.6 is 0 Å². The molecule has 0 radical (unpaired) electrons. The number of allylic oxidation sites excluding steroid dienone is 4. The summed E-state index contributed by atoms with van der Waals surface area (Å²) >= 11 is 0. The highest BCUT2D eigenvalue weighted by molar-refractivity contribution is 5.76. The van der Waals surface area contributed by atoms with E-state index in [9.17, 15) is 19.8 Å². The van der Waals surface area contributed by atoms with Gasteiger partial charge in [-0.3, -0.25) is 9.59 Å². The Labute approximate surface area is 437 Å². The number of carbonyl (C=O) groups is 2. The topological polar surface area (TPSA) is 95.9 Å². The average molecular weight is 987 g/mol. The van der Waals surface area contributed by atoms with Crippen LogP contribution in [0.25, 0.3) is 0 Å². The molecule has 0 aromatic carbocycles. The minimum atomic E-state index is -0.668. The summed E-state index contributed by atoms with van der Waals surface area (Å²) in [5.41, 5.74) is 0. The van der Waals surface area contributed by atoms with Gasteiger partial charge in [0, 0.05) is 12.8 Å². The zero-order valence-electron chi connectivity index (χ0n) is 47.3. The van der Waals surface area contributed by atoms with E-state index in [1.807, 2.05) is 0 Å². The second-order valence-corrected chi connectivity index (χ2v) is 21.7. The highest BCUT2D eigenvalue weighted by Gasteiger charge is 2.20. The first-order valence-electron chi connectivity index (χ1n) is 31.6. The fraction of sp³-hybridized carbons (Fsp3) is 0.906. The highest BCUT2D eigenvalue weighted by atomic mass is 16.5. The third-order valence-electron chi connectivity index (χ3n) is 14.7. The van der Waals surface area contributed by atoms with Crippen molar-refractivity contribution in [1.82, 2.24) is 5.32 Å². The van der Waals surface area contributed by atoms with Crippen LogP contribution in [0.15, 0.2) is 24.3 Å². The lowest BCUT2D eigenvalue weighted by atomic mass is 10.0. The van der Waals surface area contributed by atoms with Crippen molar-refractivity contribution in [2.45, 2.75) is 360 Å². The van der Waals surface area contributed by atoms with Crippen LogP contribution in [0.1, 0.15) is 348 Å². The first-order valence-corrected chi connectivity index (χ1v) is 31.6. The number of amides is 1. The molecule has 0 heterocycles. The maximum absolute atomic E-state index is 12.5. The van der Waals surface area contributed by atoms with Crippen molar-refractivity contribution in [1.29, 1.82) is 0 Å². The number of unbranched alkanes of at least 4 members (excludes halogenated alkanes) is 44. The predicted octanol–water partition coefficient (Wildman–Crippen LogP) is 19.8. The van der Waals surface area contributed by atoms with Crippen LogP contribution in [-0.4, -0.2) is 47.4 Å². The molecule has 0 bridgehead atoms. The fourth-order valence-corrected chi connectivity index (χ4v) is 9.87. The number of hydrogen-bond donors (Lipinski definition) is 3.